The number of ether oxygens (including phenoxy) is 2. The van der Waals surface area contributed by atoms with Crippen LogP contribution in [-0.4, -0.2) is 37.7 Å². The van der Waals surface area contributed by atoms with E-state index in [1.165, 1.54) is 0 Å². The summed E-state index contributed by atoms with van der Waals surface area (Å²) in [5.74, 6) is 0.303. The second kappa shape index (κ2) is 8.20. The Labute approximate surface area is 168 Å². The number of carbonyl (C=O) groups is 2. The fraction of sp³-hybridized carbons (Fsp3) is 0.333. The quantitative estimate of drug-likeness (QED) is 0.835. The summed E-state index contributed by atoms with van der Waals surface area (Å²) in [5.41, 5.74) is 2.58. The van der Waals surface area contributed by atoms with Crippen LogP contribution in [0.2, 0.25) is 5.02 Å². The van der Waals surface area contributed by atoms with Crippen LogP contribution in [0, 0.1) is 0 Å². The van der Waals surface area contributed by atoms with E-state index in [4.69, 9.17) is 21.1 Å². The lowest BCUT2D eigenvalue weighted by atomic mass is 10.1. The van der Waals surface area contributed by atoms with Gasteiger partial charge >= 0.3 is 0 Å². The van der Waals surface area contributed by atoms with Crippen molar-refractivity contribution in [3.63, 3.8) is 0 Å². The van der Waals surface area contributed by atoms with Gasteiger partial charge in [-0.15, -0.1) is 0 Å². The van der Waals surface area contributed by atoms with Crippen LogP contribution in [0.4, 0.5) is 11.4 Å². The molecule has 1 N–H and O–H groups in total. The maximum atomic E-state index is 12.7. The zero-order valence-corrected chi connectivity index (χ0v) is 16.1. The highest BCUT2D eigenvalue weighted by Gasteiger charge is 2.32. The van der Waals surface area contributed by atoms with Gasteiger partial charge in [0, 0.05) is 29.5 Å². The second-order valence-corrected chi connectivity index (χ2v) is 7.31. The molecule has 0 aliphatic carbocycles. The van der Waals surface area contributed by atoms with Crippen molar-refractivity contribution in [1.82, 2.24) is 0 Å². The van der Waals surface area contributed by atoms with Gasteiger partial charge in [0.1, 0.15) is 11.9 Å². The predicted octanol–water partition coefficient (Wildman–Crippen LogP) is 3.43. The molecule has 2 amide bonds. The van der Waals surface area contributed by atoms with Gasteiger partial charge < -0.3 is 19.7 Å². The van der Waals surface area contributed by atoms with Gasteiger partial charge in [0.15, 0.2) is 6.61 Å². The lowest BCUT2D eigenvalue weighted by Gasteiger charge is -2.21. The van der Waals surface area contributed by atoms with Crippen molar-refractivity contribution in [2.75, 3.05) is 30.0 Å². The zero-order valence-electron chi connectivity index (χ0n) is 15.3. The van der Waals surface area contributed by atoms with Crippen molar-refractivity contribution in [2.24, 2.45) is 0 Å². The second-order valence-electron chi connectivity index (χ2n) is 6.88. The molecule has 4 rings (SSSR count). The molecule has 1 atom stereocenters. The molecular formula is C21H21ClN2O4. The van der Waals surface area contributed by atoms with E-state index >= 15 is 0 Å². The van der Waals surface area contributed by atoms with Crippen LogP contribution in [0.1, 0.15) is 18.4 Å². The molecular weight excluding hydrogens is 380 g/mol. The number of carbonyl (C=O) groups excluding carboxylic acids is 2. The van der Waals surface area contributed by atoms with Gasteiger partial charge in [-0.2, -0.15) is 0 Å². The smallest absolute Gasteiger partial charge is 0.262 e. The number of nitrogens with zero attached hydrogens (tertiary/aromatic N) is 1. The third kappa shape index (κ3) is 4.13. The van der Waals surface area contributed by atoms with Gasteiger partial charge in [-0.3, -0.25) is 9.59 Å². The monoisotopic (exact) mass is 400 g/mol. The summed E-state index contributed by atoms with van der Waals surface area (Å²) in [6.07, 6.45) is 2.14. The van der Waals surface area contributed by atoms with Crippen LogP contribution in [0.5, 0.6) is 5.75 Å². The van der Waals surface area contributed by atoms with E-state index in [0.717, 1.165) is 30.5 Å². The first-order valence-corrected chi connectivity index (χ1v) is 9.72. The lowest BCUT2D eigenvalue weighted by Crippen LogP contribution is -2.37. The van der Waals surface area contributed by atoms with E-state index in [0.29, 0.717) is 29.6 Å². The topological polar surface area (TPSA) is 67.9 Å². The molecule has 0 radical (unpaired) electrons. The van der Waals surface area contributed by atoms with Crippen molar-refractivity contribution in [2.45, 2.75) is 25.4 Å². The normalized spacial score (nSPS) is 18.0. The molecule has 0 saturated carbocycles. The lowest BCUT2D eigenvalue weighted by molar-refractivity contribution is -0.127. The molecule has 6 nitrogen and oxygen atoms in total. The van der Waals surface area contributed by atoms with Gasteiger partial charge in [0.2, 0.25) is 0 Å². The number of hydrogen-bond acceptors (Lipinski definition) is 4. The van der Waals surface area contributed by atoms with E-state index in [2.05, 4.69) is 5.32 Å². The minimum atomic E-state index is -0.350. The molecule has 2 heterocycles. The first kappa shape index (κ1) is 18.8. The van der Waals surface area contributed by atoms with Crippen LogP contribution < -0.4 is 15.0 Å². The van der Waals surface area contributed by atoms with Crippen molar-refractivity contribution >= 4 is 34.8 Å². The highest BCUT2D eigenvalue weighted by atomic mass is 35.5. The number of anilines is 2. The average molecular weight is 401 g/mol. The molecule has 2 aromatic rings. The summed E-state index contributed by atoms with van der Waals surface area (Å²) >= 11 is 5.83. The number of rotatable bonds is 5. The summed E-state index contributed by atoms with van der Waals surface area (Å²) in [6, 6.07) is 12.5. The molecule has 28 heavy (non-hydrogen) atoms. The minimum absolute atomic E-state index is 0.00537. The molecule has 2 aromatic carbocycles. The molecule has 1 unspecified atom stereocenters. The first-order valence-electron chi connectivity index (χ1n) is 9.34. The van der Waals surface area contributed by atoms with Crippen LogP contribution >= 0.6 is 11.6 Å². The molecule has 0 aromatic heterocycles. The average Bonchev–Trinajstić information content (AvgIpc) is 3.37. The number of benzene rings is 2. The number of fused-ring (bicyclic) bond motifs is 1. The summed E-state index contributed by atoms with van der Waals surface area (Å²) in [4.78, 5) is 26.7. The fourth-order valence-electron chi connectivity index (χ4n) is 3.51. The SMILES string of the molecule is O=C(COc1ccc(Cl)cc1)Nc1ccc2c(c1)N(C(=O)C1CCCO1)CC2. The summed E-state index contributed by atoms with van der Waals surface area (Å²) < 4.78 is 11.0. The van der Waals surface area contributed by atoms with Crippen molar-refractivity contribution in [3.8, 4) is 5.75 Å². The molecule has 0 spiro atoms. The van der Waals surface area contributed by atoms with Gasteiger partial charge in [-0.05, 0) is 61.2 Å². The molecule has 0 bridgehead atoms. The van der Waals surface area contributed by atoms with Crippen LogP contribution in [-0.2, 0) is 20.7 Å². The van der Waals surface area contributed by atoms with Gasteiger partial charge in [-0.1, -0.05) is 17.7 Å². The molecule has 2 aliphatic heterocycles. The van der Waals surface area contributed by atoms with Crippen molar-refractivity contribution in [1.29, 1.82) is 0 Å². The highest BCUT2D eigenvalue weighted by molar-refractivity contribution is 6.30. The van der Waals surface area contributed by atoms with Gasteiger partial charge in [-0.25, -0.2) is 0 Å². The van der Waals surface area contributed by atoms with Gasteiger partial charge in [0.25, 0.3) is 11.8 Å². The zero-order chi connectivity index (χ0) is 19.5. The fourth-order valence-corrected chi connectivity index (χ4v) is 3.63. The summed E-state index contributed by atoms with van der Waals surface area (Å²) in [6.45, 7) is 1.17. The van der Waals surface area contributed by atoms with Crippen LogP contribution in [0.3, 0.4) is 0 Å². The van der Waals surface area contributed by atoms with E-state index in [1.807, 2.05) is 18.2 Å². The van der Waals surface area contributed by atoms with Crippen molar-refractivity contribution < 1.29 is 19.1 Å². The number of amides is 2. The first-order chi connectivity index (χ1) is 13.6. The maximum Gasteiger partial charge on any atom is 0.262 e. The standard InChI is InChI=1S/C21H21ClN2O4/c22-15-4-7-17(8-5-15)28-13-20(25)23-16-6-3-14-9-10-24(18(14)12-16)21(26)19-2-1-11-27-19/h3-8,12,19H,1-2,9-11,13H2,(H,23,25). The molecule has 1 saturated heterocycles. The van der Waals surface area contributed by atoms with Crippen LogP contribution in [0.25, 0.3) is 0 Å². The third-order valence-electron chi connectivity index (χ3n) is 4.92. The maximum absolute atomic E-state index is 12.7. The Morgan fingerprint density at radius 2 is 2.04 bits per heavy atom. The summed E-state index contributed by atoms with van der Waals surface area (Å²) in [5, 5.41) is 3.43. The Hall–Kier alpha value is -2.57. The van der Waals surface area contributed by atoms with E-state index < -0.39 is 0 Å². The van der Waals surface area contributed by atoms with Gasteiger partial charge in [0.05, 0.1) is 0 Å². The Bertz CT molecular complexity index is 878. The largest absolute Gasteiger partial charge is 0.484 e. The van der Waals surface area contributed by atoms with E-state index in [-0.39, 0.29) is 24.5 Å². The number of halogens is 1. The van der Waals surface area contributed by atoms with Crippen LogP contribution in [0.15, 0.2) is 42.5 Å². The number of hydrogen-bond donors (Lipinski definition) is 1. The van der Waals surface area contributed by atoms with E-state index in [9.17, 15) is 9.59 Å². The highest BCUT2D eigenvalue weighted by Crippen LogP contribution is 2.32. The molecule has 1 fully saturated rings. The van der Waals surface area contributed by atoms with E-state index in [1.54, 1.807) is 29.2 Å². The molecule has 2 aliphatic rings. The molecule has 7 heteroatoms. The minimum Gasteiger partial charge on any atom is -0.484 e. The molecule has 146 valence electrons. The predicted molar refractivity (Wildman–Crippen MR) is 107 cm³/mol. The third-order valence-corrected chi connectivity index (χ3v) is 5.17. The Kier molecular flexibility index (Phi) is 5.50. The van der Waals surface area contributed by atoms with Crippen molar-refractivity contribution in [3.05, 3.63) is 53.1 Å². The Morgan fingerprint density at radius 1 is 1.21 bits per heavy atom. The summed E-state index contributed by atoms with van der Waals surface area (Å²) in [7, 11) is 0. The Balaban J connectivity index is 1.39. The Morgan fingerprint density at radius 3 is 2.79 bits per heavy atom. The number of nitrogens with one attached hydrogen (secondary N) is 1.